The normalized spacial score (nSPS) is 20.2. The number of morpholine rings is 1. The first kappa shape index (κ1) is 14.2. The van der Waals surface area contributed by atoms with E-state index in [1.165, 1.54) is 12.1 Å². The Balaban J connectivity index is 2.01. The van der Waals surface area contributed by atoms with Crippen molar-refractivity contribution in [3.05, 3.63) is 24.0 Å². The van der Waals surface area contributed by atoms with Crippen molar-refractivity contribution in [2.45, 2.75) is 11.0 Å². The van der Waals surface area contributed by atoms with Crippen molar-refractivity contribution in [1.82, 2.24) is 5.32 Å². The summed E-state index contributed by atoms with van der Waals surface area (Å²) in [6.45, 7) is 2.20. The van der Waals surface area contributed by atoms with Crippen LogP contribution in [0.5, 0.6) is 5.75 Å². The maximum Gasteiger partial charge on any atom is 0.238 e. The van der Waals surface area contributed by atoms with Crippen LogP contribution in [0.25, 0.3) is 0 Å². The molecule has 6 nitrogen and oxygen atoms in total. The summed E-state index contributed by atoms with van der Waals surface area (Å²) in [7, 11) is -3.91. The molecule has 1 aromatic rings. The molecule has 1 heterocycles. The maximum atomic E-state index is 13.6. The van der Waals surface area contributed by atoms with Gasteiger partial charge in [0, 0.05) is 13.1 Å². The van der Waals surface area contributed by atoms with E-state index in [0.29, 0.717) is 13.2 Å². The summed E-state index contributed by atoms with van der Waals surface area (Å²) < 4.78 is 46.4. The molecule has 1 saturated heterocycles. The van der Waals surface area contributed by atoms with Gasteiger partial charge in [-0.15, -0.1) is 0 Å². The van der Waals surface area contributed by atoms with E-state index >= 15 is 0 Å². The minimum atomic E-state index is -3.91. The van der Waals surface area contributed by atoms with E-state index in [1.54, 1.807) is 0 Å². The molecule has 8 heteroatoms. The Hall–Kier alpha value is -1.22. The van der Waals surface area contributed by atoms with Gasteiger partial charge in [0.25, 0.3) is 0 Å². The van der Waals surface area contributed by atoms with Crippen molar-refractivity contribution in [3.8, 4) is 5.75 Å². The molecule has 1 aliphatic heterocycles. The highest BCUT2D eigenvalue weighted by Crippen LogP contribution is 2.20. The second-order valence-corrected chi connectivity index (χ2v) is 5.71. The molecular weight excluding hydrogens is 275 g/mol. The highest BCUT2D eigenvalue weighted by molar-refractivity contribution is 7.89. The Bertz CT molecular complexity index is 544. The first-order valence-corrected chi connectivity index (χ1v) is 7.29. The SMILES string of the molecule is NS(=O)(=O)c1ccc(OCC2CNCCO2)c(F)c1. The van der Waals surface area contributed by atoms with Gasteiger partial charge in [-0.05, 0) is 18.2 Å². The second kappa shape index (κ2) is 5.83. The van der Waals surface area contributed by atoms with E-state index in [2.05, 4.69) is 5.32 Å². The lowest BCUT2D eigenvalue weighted by atomic mass is 10.3. The van der Waals surface area contributed by atoms with E-state index in [4.69, 9.17) is 14.6 Å². The third kappa shape index (κ3) is 3.87. The largest absolute Gasteiger partial charge is 0.488 e. The molecule has 0 amide bonds. The van der Waals surface area contributed by atoms with Gasteiger partial charge in [0.05, 0.1) is 11.5 Å². The van der Waals surface area contributed by atoms with E-state index in [0.717, 1.165) is 12.6 Å². The van der Waals surface area contributed by atoms with Gasteiger partial charge >= 0.3 is 0 Å². The summed E-state index contributed by atoms with van der Waals surface area (Å²) in [6, 6.07) is 3.28. The number of rotatable bonds is 4. The molecule has 1 fully saturated rings. The Morgan fingerprint density at radius 2 is 2.32 bits per heavy atom. The average molecular weight is 290 g/mol. The predicted octanol–water partition coefficient (Wildman–Crippen LogP) is -0.160. The van der Waals surface area contributed by atoms with Gasteiger partial charge in [-0.3, -0.25) is 0 Å². The number of primary sulfonamides is 1. The van der Waals surface area contributed by atoms with Crippen molar-refractivity contribution in [2.24, 2.45) is 5.14 Å². The van der Waals surface area contributed by atoms with Gasteiger partial charge in [-0.1, -0.05) is 0 Å². The molecule has 1 unspecified atom stereocenters. The summed E-state index contributed by atoms with van der Waals surface area (Å²) in [5, 5.41) is 8.02. The third-order valence-electron chi connectivity index (χ3n) is 2.66. The van der Waals surface area contributed by atoms with Crippen LogP contribution in [0.4, 0.5) is 4.39 Å². The van der Waals surface area contributed by atoms with E-state index in [1.807, 2.05) is 0 Å². The smallest absolute Gasteiger partial charge is 0.238 e. The Morgan fingerprint density at radius 1 is 1.53 bits per heavy atom. The van der Waals surface area contributed by atoms with Crippen LogP contribution in [0.15, 0.2) is 23.1 Å². The Morgan fingerprint density at radius 3 is 2.89 bits per heavy atom. The summed E-state index contributed by atoms with van der Waals surface area (Å²) in [5.41, 5.74) is 0. The van der Waals surface area contributed by atoms with E-state index in [9.17, 15) is 12.8 Å². The average Bonchev–Trinajstić information content (AvgIpc) is 2.37. The molecule has 1 aromatic carbocycles. The molecule has 1 aliphatic rings. The topological polar surface area (TPSA) is 90.7 Å². The standard InChI is InChI=1S/C11H15FN2O4S/c12-10-5-9(19(13,15)16)1-2-11(10)18-7-8-6-14-3-4-17-8/h1-2,5,8,14H,3-4,6-7H2,(H2,13,15,16). The van der Waals surface area contributed by atoms with Crippen LogP contribution in [-0.4, -0.2) is 40.8 Å². The van der Waals surface area contributed by atoms with Gasteiger partial charge in [-0.25, -0.2) is 17.9 Å². The van der Waals surface area contributed by atoms with Crippen LogP contribution in [0.2, 0.25) is 0 Å². The predicted molar refractivity (Wildman–Crippen MR) is 65.9 cm³/mol. The second-order valence-electron chi connectivity index (χ2n) is 4.15. The van der Waals surface area contributed by atoms with Gasteiger partial charge in [0.2, 0.25) is 10.0 Å². The van der Waals surface area contributed by atoms with E-state index < -0.39 is 15.8 Å². The fourth-order valence-electron chi connectivity index (χ4n) is 1.69. The minimum Gasteiger partial charge on any atom is -0.488 e. The summed E-state index contributed by atoms with van der Waals surface area (Å²) in [6.07, 6.45) is -0.147. The minimum absolute atomic E-state index is 0.0263. The van der Waals surface area contributed by atoms with Crippen LogP contribution in [0.3, 0.4) is 0 Å². The fraction of sp³-hybridized carbons (Fsp3) is 0.455. The summed E-state index contributed by atoms with van der Waals surface area (Å²) in [4.78, 5) is -0.284. The van der Waals surface area contributed by atoms with Crippen LogP contribution >= 0.6 is 0 Å². The molecule has 0 spiro atoms. The summed E-state index contributed by atoms with van der Waals surface area (Å²) in [5.74, 6) is -0.795. The van der Waals surface area contributed by atoms with Crippen LogP contribution in [0.1, 0.15) is 0 Å². The number of ether oxygens (including phenoxy) is 2. The molecule has 19 heavy (non-hydrogen) atoms. The quantitative estimate of drug-likeness (QED) is 0.804. The lowest BCUT2D eigenvalue weighted by molar-refractivity contribution is -0.000555. The number of nitrogens with two attached hydrogens (primary N) is 1. The number of hydrogen-bond acceptors (Lipinski definition) is 5. The lowest BCUT2D eigenvalue weighted by Crippen LogP contribution is -2.41. The molecule has 0 aromatic heterocycles. The molecule has 2 rings (SSSR count). The summed E-state index contributed by atoms with van der Waals surface area (Å²) >= 11 is 0. The van der Waals surface area contributed by atoms with Crippen LogP contribution < -0.4 is 15.2 Å². The molecule has 0 radical (unpaired) electrons. The van der Waals surface area contributed by atoms with E-state index in [-0.39, 0.29) is 23.4 Å². The number of benzene rings is 1. The highest BCUT2D eigenvalue weighted by Gasteiger charge is 2.16. The molecule has 0 bridgehead atoms. The van der Waals surface area contributed by atoms with Gasteiger partial charge < -0.3 is 14.8 Å². The molecular formula is C11H15FN2O4S. The third-order valence-corrected chi connectivity index (χ3v) is 3.57. The molecule has 0 aliphatic carbocycles. The van der Waals surface area contributed by atoms with Crippen LogP contribution in [-0.2, 0) is 14.8 Å². The zero-order chi connectivity index (χ0) is 13.9. The van der Waals surface area contributed by atoms with Crippen molar-refractivity contribution >= 4 is 10.0 Å². The molecule has 3 N–H and O–H groups in total. The van der Waals surface area contributed by atoms with Crippen molar-refractivity contribution in [1.29, 1.82) is 0 Å². The van der Waals surface area contributed by atoms with Gasteiger partial charge in [-0.2, -0.15) is 0 Å². The number of hydrogen-bond donors (Lipinski definition) is 2. The van der Waals surface area contributed by atoms with Crippen molar-refractivity contribution < 1.29 is 22.3 Å². The monoisotopic (exact) mass is 290 g/mol. The highest BCUT2D eigenvalue weighted by atomic mass is 32.2. The molecule has 106 valence electrons. The fourth-order valence-corrected chi connectivity index (χ4v) is 2.21. The van der Waals surface area contributed by atoms with Gasteiger partial charge in [0.15, 0.2) is 11.6 Å². The Labute approximate surface area is 110 Å². The van der Waals surface area contributed by atoms with Gasteiger partial charge in [0.1, 0.15) is 12.7 Å². The number of halogens is 1. The zero-order valence-corrected chi connectivity index (χ0v) is 11.0. The first-order chi connectivity index (χ1) is 8.97. The number of sulfonamides is 1. The molecule has 0 saturated carbocycles. The zero-order valence-electron chi connectivity index (χ0n) is 10.1. The Kier molecular flexibility index (Phi) is 4.35. The molecule has 1 atom stereocenters. The van der Waals surface area contributed by atoms with Crippen LogP contribution in [0, 0.1) is 5.82 Å². The lowest BCUT2D eigenvalue weighted by Gasteiger charge is -2.23. The van der Waals surface area contributed by atoms with Crippen molar-refractivity contribution in [3.63, 3.8) is 0 Å². The first-order valence-electron chi connectivity index (χ1n) is 5.74. The van der Waals surface area contributed by atoms with Crippen molar-refractivity contribution in [2.75, 3.05) is 26.3 Å². The maximum absolute atomic E-state index is 13.6. The number of nitrogens with one attached hydrogen (secondary N) is 1.